The zero-order chi connectivity index (χ0) is 34.1. The largest absolute Gasteiger partial charge is 0.461 e. The van der Waals surface area contributed by atoms with E-state index in [1.807, 2.05) is 0 Å². The highest BCUT2D eigenvalue weighted by atomic mass is 33.1. The zero-order valence-electron chi connectivity index (χ0n) is 29.6. The molecule has 0 aromatic carbocycles. The van der Waals surface area contributed by atoms with Gasteiger partial charge in [0.1, 0.15) is 12.1 Å². The standard InChI is InChI=1S/C35H65N4O5PS2/c1-25(2)7-5-6-8-26-10-12-30-29-11-9-27-23-28(13-15-35(27,4)31(29)14-16-34(26,30)3)44-33(40)32(38)24-47-46-22-19-39-45(41,42-20-17-36)43-21-18-37/h9,25-26,28-32H,5-8,10-24,36-38H2,1-4H3,(H,39,41). The summed E-state index contributed by atoms with van der Waals surface area (Å²) in [4.78, 5) is 13.0. The summed E-state index contributed by atoms with van der Waals surface area (Å²) in [5.41, 5.74) is 19.5. The molecule has 12 heteroatoms. The maximum Gasteiger partial charge on any atom is 0.405 e. The van der Waals surface area contributed by atoms with E-state index in [1.54, 1.807) is 10.8 Å². The van der Waals surface area contributed by atoms with Gasteiger partial charge in [-0.3, -0.25) is 13.8 Å². The second kappa shape index (κ2) is 18.4. The highest BCUT2D eigenvalue weighted by molar-refractivity contribution is 8.76. The number of esters is 1. The lowest BCUT2D eigenvalue weighted by Crippen LogP contribution is -2.50. The molecule has 0 radical (unpaired) electrons. The molecule has 272 valence electrons. The Morgan fingerprint density at radius 1 is 1.04 bits per heavy atom. The zero-order valence-corrected chi connectivity index (χ0v) is 32.1. The molecule has 8 atom stereocenters. The van der Waals surface area contributed by atoms with Crippen molar-refractivity contribution in [3.05, 3.63) is 11.6 Å². The summed E-state index contributed by atoms with van der Waals surface area (Å²) in [5.74, 6) is 4.93. The molecule has 0 amide bonds. The van der Waals surface area contributed by atoms with Gasteiger partial charge in [-0.15, -0.1) is 0 Å². The van der Waals surface area contributed by atoms with E-state index in [1.165, 1.54) is 74.2 Å². The molecule has 0 spiro atoms. The van der Waals surface area contributed by atoms with Crippen molar-refractivity contribution in [3.63, 3.8) is 0 Å². The van der Waals surface area contributed by atoms with Crippen LogP contribution in [0.5, 0.6) is 0 Å². The molecule has 0 saturated heterocycles. The fourth-order valence-electron chi connectivity index (χ4n) is 9.45. The van der Waals surface area contributed by atoms with E-state index >= 15 is 0 Å². The van der Waals surface area contributed by atoms with Crippen molar-refractivity contribution in [2.24, 2.45) is 57.6 Å². The molecule has 0 aromatic heterocycles. The number of ether oxygens (including phenoxy) is 1. The number of fused-ring (bicyclic) bond motifs is 5. The number of allylic oxidation sites excluding steroid dienone is 1. The molecule has 0 bridgehead atoms. The van der Waals surface area contributed by atoms with Crippen LogP contribution < -0.4 is 22.3 Å². The molecule has 9 nitrogen and oxygen atoms in total. The smallest absolute Gasteiger partial charge is 0.405 e. The first-order valence-electron chi connectivity index (χ1n) is 18.4. The van der Waals surface area contributed by atoms with Crippen LogP contribution in [-0.4, -0.2) is 62.5 Å². The van der Waals surface area contributed by atoms with Crippen molar-refractivity contribution in [1.29, 1.82) is 0 Å². The summed E-state index contributed by atoms with van der Waals surface area (Å²) in [6, 6.07) is -0.679. The Morgan fingerprint density at radius 2 is 1.79 bits per heavy atom. The molecular formula is C35H65N4O5PS2. The van der Waals surface area contributed by atoms with Gasteiger partial charge in [-0.1, -0.05) is 80.2 Å². The highest BCUT2D eigenvalue weighted by Crippen LogP contribution is 2.67. The van der Waals surface area contributed by atoms with E-state index in [2.05, 4.69) is 38.9 Å². The number of carbonyl (C=O) groups excluding carboxylic acids is 1. The molecule has 8 unspecified atom stereocenters. The number of nitrogens with one attached hydrogen (secondary N) is 1. The minimum Gasteiger partial charge on any atom is -0.461 e. The predicted molar refractivity (Wildman–Crippen MR) is 197 cm³/mol. The van der Waals surface area contributed by atoms with E-state index < -0.39 is 13.8 Å². The number of rotatable bonds is 20. The van der Waals surface area contributed by atoms with E-state index in [9.17, 15) is 9.36 Å². The van der Waals surface area contributed by atoms with Gasteiger partial charge in [0.2, 0.25) is 0 Å². The summed E-state index contributed by atoms with van der Waals surface area (Å²) in [6.45, 7) is 11.0. The van der Waals surface area contributed by atoms with Crippen molar-refractivity contribution in [1.82, 2.24) is 5.09 Å². The fourth-order valence-corrected chi connectivity index (χ4v) is 13.0. The van der Waals surface area contributed by atoms with Gasteiger partial charge < -0.3 is 21.9 Å². The number of nitrogens with two attached hydrogens (primary N) is 3. The molecule has 4 rings (SSSR count). The topological polar surface area (TPSA) is 152 Å². The Labute approximate surface area is 293 Å². The first-order valence-corrected chi connectivity index (χ1v) is 22.4. The SMILES string of the molecule is CC(C)CCCCC1CCC2C3CC=C4CC(OC(=O)C(N)CSSCCNP(=O)(OCCN)OCCN)CCC4(C)C3CCC12C. The Bertz CT molecular complexity index is 1070. The van der Waals surface area contributed by atoms with Crippen LogP contribution in [0.3, 0.4) is 0 Å². The van der Waals surface area contributed by atoms with Crippen LogP contribution in [-0.2, 0) is 23.1 Å². The first-order chi connectivity index (χ1) is 22.5. The second-order valence-electron chi connectivity index (χ2n) is 15.4. The van der Waals surface area contributed by atoms with E-state index in [0.29, 0.717) is 23.5 Å². The summed E-state index contributed by atoms with van der Waals surface area (Å²) in [5, 5.41) is 2.84. The maximum atomic E-state index is 13.0. The summed E-state index contributed by atoms with van der Waals surface area (Å²) < 4.78 is 29.3. The molecular weight excluding hydrogens is 652 g/mol. The molecule has 3 fully saturated rings. The molecule has 0 heterocycles. The summed E-state index contributed by atoms with van der Waals surface area (Å²) in [7, 11) is -0.379. The van der Waals surface area contributed by atoms with Crippen molar-refractivity contribution in [2.75, 3.05) is 44.4 Å². The molecule has 0 aliphatic heterocycles. The average Bonchev–Trinajstić information content (AvgIpc) is 3.38. The Hall–Kier alpha value is -0.100. The summed E-state index contributed by atoms with van der Waals surface area (Å²) >= 11 is 0. The van der Waals surface area contributed by atoms with Crippen LogP contribution in [0.2, 0.25) is 0 Å². The fraction of sp³-hybridized carbons (Fsp3) is 0.914. The Balaban J connectivity index is 1.20. The average molecular weight is 717 g/mol. The first kappa shape index (κ1) is 39.7. The van der Waals surface area contributed by atoms with Crippen LogP contribution in [0.1, 0.15) is 105 Å². The Morgan fingerprint density at radius 3 is 2.49 bits per heavy atom. The molecule has 7 N–H and O–H groups in total. The van der Waals surface area contributed by atoms with Crippen LogP contribution in [0.4, 0.5) is 0 Å². The monoisotopic (exact) mass is 716 g/mol. The van der Waals surface area contributed by atoms with Gasteiger partial charge in [-0.25, -0.2) is 9.65 Å². The Kier molecular flexibility index (Phi) is 15.5. The maximum absolute atomic E-state index is 13.0. The van der Waals surface area contributed by atoms with Gasteiger partial charge in [-0.2, -0.15) is 0 Å². The lowest BCUT2D eigenvalue weighted by atomic mass is 9.47. The third-order valence-electron chi connectivity index (χ3n) is 12.0. The van der Waals surface area contributed by atoms with E-state index in [4.69, 9.17) is 31.0 Å². The minimum atomic E-state index is -3.43. The van der Waals surface area contributed by atoms with Crippen molar-refractivity contribution in [3.8, 4) is 0 Å². The highest BCUT2D eigenvalue weighted by Gasteiger charge is 2.58. The lowest BCUT2D eigenvalue weighted by Gasteiger charge is -2.58. The molecule has 4 aliphatic rings. The number of hydrogen-bond acceptors (Lipinski definition) is 10. The van der Waals surface area contributed by atoms with E-state index in [0.717, 1.165) is 48.9 Å². The van der Waals surface area contributed by atoms with Crippen LogP contribution >= 0.6 is 29.3 Å². The predicted octanol–water partition coefficient (Wildman–Crippen LogP) is 7.05. The summed E-state index contributed by atoms with van der Waals surface area (Å²) in [6.07, 6.45) is 17.7. The van der Waals surface area contributed by atoms with Gasteiger partial charge >= 0.3 is 13.7 Å². The van der Waals surface area contributed by atoms with Gasteiger partial charge in [0.15, 0.2) is 0 Å². The molecule has 47 heavy (non-hydrogen) atoms. The number of hydrogen-bond donors (Lipinski definition) is 4. The normalized spacial score (nSPS) is 32.8. The van der Waals surface area contributed by atoms with Gasteiger partial charge in [0.05, 0.1) is 13.2 Å². The number of carbonyl (C=O) groups is 1. The quantitative estimate of drug-likeness (QED) is 0.0337. The minimum absolute atomic E-state index is 0.0852. The molecule has 4 aliphatic carbocycles. The van der Waals surface area contributed by atoms with Crippen LogP contribution in [0, 0.1) is 40.4 Å². The van der Waals surface area contributed by atoms with Crippen molar-refractivity contribution < 1.29 is 23.1 Å². The van der Waals surface area contributed by atoms with Gasteiger partial charge in [-0.05, 0) is 91.8 Å². The molecule has 0 aromatic rings. The number of unbranched alkanes of at least 4 members (excludes halogenated alkanes) is 1. The van der Waals surface area contributed by atoms with Crippen LogP contribution in [0.25, 0.3) is 0 Å². The van der Waals surface area contributed by atoms with E-state index in [-0.39, 0.29) is 43.8 Å². The third kappa shape index (κ3) is 10.2. The van der Waals surface area contributed by atoms with Crippen LogP contribution in [0.15, 0.2) is 11.6 Å². The lowest BCUT2D eigenvalue weighted by molar-refractivity contribution is -0.152. The van der Waals surface area contributed by atoms with Crippen molar-refractivity contribution in [2.45, 2.75) is 117 Å². The molecule has 3 saturated carbocycles. The van der Waals surface area contributed by atoms with Crippen molar-refractivity contribution >= 4 is 35.3 Å². The van der Waals surface area contributed by atoms with Gasteiger partial charge in [0, 0.05) is 37.6 Å². The third-order valence-corrected chi connectivity index (χ3v) is 16.1. The second-order valence-corrected chi connectivity index (χ2v) is 19.9. The van der Waals surface area contributed by atoms with Gasteiger partial charge in [0.25, 0.3) is 0 Å².